The van der Waals surface area contributed by atoms with Gasteiger partial charge in [-0.15, -0.1) is 0 Å². The van der Waals surface area contributed by atoms with E-state index in [1.54, 1.807) is 6.07 Å². The lowest BCUT2D eigenvalue weighted by atomic mass is 9.67. The van der Waals surface area contributed by atoms with Crippen LogP contribution in [-0.4, -0.2) is 16.9 Å². The molecule has 0 aromatic heterocycles. The van der Waals surface area contributed by atoms with Gasteiger partial charge < -0.3 is 5.11 Å². The first-order chi connectivity index (χ1) is 9.01. The second-order valence-corrected chi connectivity index (χ2v) is 5.46. The highest BCUT2D eigenvalue weighted by atomic mass is 35.5. The van der Waals surface area contributed by atoms with Crippen molar-refractivity contribution in [2.45, 2.75) is 44.4 Å². The van der Waals surface area contributed by atoms with Crippen LogP contribution >= 0.6 is 11.6 Å². The average Bonchev–Trinajstić information content (AvgIpc) is 2.39. The first-order valence-corrected chi connectivity index (χ1v) is 6.92. The van der Waals surface area contributed by atoms with Crippen molar-refractivity contribution in [3.63, 3.8) is 0 Å². The van der Waals surface area contributed by atoms with Gasteiger partial charge in [0.05, 0.1) is 5.41 Å². The Balaban J connectivity index is 2.57. The van der Waals surface area contributed by atoms with Gasteiger partial charge in [0.15, 0.2) is 0 Å². The summed E-state index contributed by atoms with van der Waals surface area (Å²) in [6.07, 6.45) is 2.07. The fraction of sp³-hybridized carbons (Fsp3) is 0.467. The van der Waals surface area contributed by atoms with E-state index in [0.717, 1.165) is 12.0 Å². The standard InChI is InChI=1S/C15H17ClO3/c1-2-10-4-3-5-12(16)13(10)15(14(18)19)8-6-11(17)7-9-15/h3-5H,2,6-9H2,1H3,(H,18,19). The van der Waals surface area contributed by atoms with Crippen LogP contribution in [0.5, 0.6) is 0 Å². The van der Waals surface area contributed by atoms with E-state index in [0.29, 0.717) is 36.3 Å². The maximum absolute atomic E-state index is 11.8. The Hall–Kier alpha value is -1.35. The number of rotatable bonds is 3. The van der Waals surface area contributed by atoms with E-state index in [4.69, 9.17) is 11.6 Å². The van der Waals surface area contributed by atoms with Gasteiger partial charge in [-0.2, -0.15) is 0 Å². The van der Waals surface area contributed by atoms with Crippen LogP contribution in [0.1, 0.15) is 43.7 Å². The summed E-state index contributed by atoms with van der Waals surface area (Å²) >= 11 is 6.26. The molecule has 1 saturated carbocycles. The van der Waals surface area contributed by atoms with Crippen LogP contribution in [0.25, 0.3) is 0 Å². The predicted octanol–water partition coefficient (Wildman–Crippen LogP) is 3.37. The summed E-state index contributed by atoms with van der Waals surface area (Å²) in [6.45, 7) is 1.98. The molecule has 0 saturated heterocycles. The van der Waals surface area contributed by atoms with Crippen LogP contribution in [0.15, 0.2) is 18.2 Å². The summed E-state index contributed by atoms with van der Waals surface area (Å²) in [7, 11) is 0. The smallest absolute Gasteiger partial charge is 0.314 e. The highest BCUT2D eigenvalue weighted by Crippen LogP contribution is 2.43. The molecule has 0 atom stereocenters. The van der Waals surface area contributed by atoms with Crippen LogP contribution in [0.3, 0.4) is 0 Å². The lowest BCUT2D eigenvalue weighted by Gasteiger charge is -2.35. The third kappa shape index (κ3) is 2.39. The molecular formula is C15H17ClO3. The zero-order chi connectivity index (χ0) is 14.0. The molecule has 19 heavy (non-hydrogen) atoms. The maximum atomic E-state index is 11.8. The molecule has 0 spiro atoms. The normalized spacial score (nSPS) is 18.3. The summed E-state index contributed by atoms with van der Waals surface area (Å²) in [5.74, 6) is -0.732. The molecule has 0 heterocycles. The largest absolute Gasteiger partial charge is 0.481 e. The number of carboxylic acids is 1. The molecule has 1 aliphatic carbocycles. The number of hydrogen-bond donors (Lipinski definition) is 1. The number of aryl methyl sites for hydroxylation is 1. The van der Waals surface area contributed by atoms with E-state index in [9.17, 15) is 14.7 Å². The minimum atomic E-state index is -1.00. The van der Waals surface area contributed by atoms with Gasteiger partial charge in [0, 0.05) is 17.9 Å². The van der Waals surface area contributed by atoms with Crippen molar-refractivity contribution >= 4 is 23.4 Å². The van der Waals surface area contributed by atoms with Crippen molar-refractivity contribution in [3.05, 3.63) is 34.3 Å². The maximum Gasteiger partial charge on any atom is 0.314 e. The monoisotopic (exact) mass is 280 g/mol. The molecule has 0 unspecified atom stereocenters. The third-order valence-corrected chi connectivity index (χ3v) is 4.34. The van der Waals surface area contributed by atoms with Gasteiger partial charge in [-0.05, 0) is 36.5 Å². The van der Waals surface area contributed by atoms with E-state index in [-0.39, 0.29) is 5.78 Å². The van der Waals surface area contributed by atoms with Gasteiger partial charge in [-0.3, -0.25) is 9.59 Å². The minimum absolute atomic E-state index is 0.141. The zero-order valence-electron chi connectivity index (χ0n) is 10.9. The summed E-state index contributed by atoms with van der Waals surface area (Å²) in [6, 6.07) is 5.49. The highest BCUT2D eigenvalue weighted by Gasteiger charge is 2.45. The van der Waals surface area contributed by atoms with Crippen molar-refractivity contribution in [3.8, 4) is 0 Å². The van der Waals surface area contributed by atoms with Crippen LogP contribution in [-0.2, 0) is 21.4 Å². The molecule has 0 radical (unpaired) electrons. The van der Waals surface area contributed by atoms with Crippen molar-refractivity contribution in [1.29, 1.82) is 0 Å². The van der Waals surface area contributed by atoms with E-state index < -0.39 is 11.4 Å². The molecule has 102 valence electrons. The molecule has 1 aromatic rings. The number of Topliss-reactive ketones (excluding diaryl/α,β-unsaturated/α-hetero) is 1. The Morgan fingerprint density at radius 2 is 2.00 bits per heavy atom. The van der Waals surface area contributed by atoms with E-state index >= 15 is 0 Å². The summed E-state index contributed by atoms with van der Waals surface area (Å²) in [5, 5.41) is 10.2. The highest BCUT2D eigenvalue weighted by molar-refractivity contribution is 6.32. The Morgan fingerprint density at radius 1 is 1.37 bits per heavy atom. The molecule has 2 rings (SSSR count). The zero-order valence-corrected chi connectivity index (χ0v) is 11.7. The second-order valence-electron chi connectivity index (χ2n) is 5.05. The lowest BCUT2D eigenvalue weighted by molar-refractivity contribution is -0.146. The second kappa shape index (κ2) is 5.33. The van der Waals surface area contributed by atoms with Crippen LogP contribution in [0.4, 0.5) is 0 Å². The van der Waals surface area contributed by atoms with E-state index in [2.05, 4.69) is 0 Å². The topological polar surface area (TPSA) is 54.4 Å². The molecule has 4 heteroatoms. The fourth-order valence-corrected chi connectivity index (χ4v) is 3.30. The fourth-order valence-electron chi connectivity index (χ4n) is 2.93. The summed E-state index contributed by atoms with van der Waals surface area (Å²) in [5.41, 5.74) is 0.667. The molecule has 0 bridgehead atoms. The number of ketones is 1. The molecule has 3 nitrogen and oxygen atoms in total. The SMILES string of the molecule is CCc1cccc(Cl)c1C1(C(=O)O)CCC(=O)CC1. The number of hydrogen-bond acceptors (Lipinski definition) is 2. The number of carboxylic acid groups (broad SMARTS) is 1. The molecule has 1 aromatic carbocycles. The Morgan fingerprint density at radius 3 is 2.53 bits per heavy atom. The summed E-state index contributed by atoms with van der Waals surface area (Å²) in [4.78, 5) is 23.3. The van der Waals surface area contributed by atoms with Crippen LogP contribution in [0, 0.1) is 0 Å². The van der Waals surface area contributed by atoms with E-state index in [1.165, 1.54) is 0 Å². The molecule has 1 aliphatic rings. The van der Waals surface area contributed by atoms with Crippen molar-refractivity contribution < 1.29 is 14.7 Å². The van der Waals surface area contributed by atoms with Crippen LogP contribution < -0.4 is 0 Å². The van der Waals surface area contributed by atoms with Gasteiger partial charge >= 0.3 is 5.97 Å². The summed E-state index contributed by atoms with van der Waals surface area (Å²) < 4.78 is 0. The van der Waals surface area contributed by atoms with Crippen LogP contribution in [0.2, 0.25) is 5.02 Å². The first-order valence-electron chi connectivity index (χ1n) is 6.54. The number of carbonyl (C=O) groups excluding carboxylic acids is 1. The molecule has 1 N–H and O–H groups in total. The lowest BCUT2D eigenvalue weighted by Crippen LogP contribution is -2.40. The predicted molar refractivity (Wildman–Crippen MR) is 73.6 cm³/mol. The molecule has 0 aliphatic heterocycles. The first kappa shape index (κ1) is 14.1. The van der Waals surface area contributed by atoms with Gasteiger partial charge in [0.2, 0.25) is 0 Å². The number of halogens is 1. The Kier molecular flexibility index (Phi) is 3.95. The van der Waals surface area contributed by atoms with Crippen molar-refractivity contribution in [1.82, 2.24) is 0 Å². The average molecular weight is 281 g/mol. The quantitative estimate of drug-likeness (QED) is 0.923. The Bertz CT molecular complexity index is 512. The number of benzene rings is 1. The van der Waals surface area contributed by atoms with Gasteiger partial charge in [0.25, 0.3) is 0 Å². The molecular weight excluding hydrogens is 264 g/mol. The number of carbonyl (C=O) groups is 2. The van der Waals surface area contributed by atoms with E-state index in [1.807, 2.05) is 19.1 Å². The van der Waals surface area contributed by atoms with Gasteiger partial charge in [-0.1, -0.05) is 30.7 Å². The molecule has 0 amide bonds. The Labute approximate surface area is 117 Å². The van der Waals surface area contributed by atoms with Gasteiger partial charge in [0.1, 0.15) is 5.78 Å². The third-order valence-electron chi connectivity index (χ3n) is 4.03. The van der Waals surface area contributed by atoms with Crippen molar-refractivity contribution in [2.75, 3.05) is 0 Å². The van der Waals surface area contributed by atoms with Gasteiger partial charge in [-0.25, -0.2) is 0 Å². The number of aliphatic carboxylic acids is 1. The minimum Gasteiger partial charge on any atom is -0.481 e. The van der Waals surface area contributed by atoms with Crippen molar-refractivity contribution in [2.24, 2.45) is 0 Å². The molecule has 1 fully saturated rings.